The van der Waals surface area contributed by atoms with E-state index in [0.717, 1.165) is 7.11 Å². The lowest BCUT2D eigenvalue weighted by molar-refractivity contribution is -0.180. The summed E-state index contributed by atoms with van der Waals surface area (Å²) >= 11 is 12.1. The fraction of sp³-hybridized carbons (Fsp3) is 0.571. The lowest BCUT2D eigenvalue weighted by Gasteiger charge is -2.25. The third-order valence-electron chi connectivity index (χ3n) is 3.78. The zero-order valence-corrected chi connectivity index (χ0v) is 15.3. The molecule has 0 aliphatic carbocycles. The molecule has 1 aliphatic rings. The molecule has 23 heavy (non-hydrogen) atoms. The third-order valence-corrected chi connectivity index (χ3v) is 5.31. The van der Waals surface area contributed by atoms with Crippen LogP contribution in [0.25, 0.3) is 0 Å². The molecule has 1 heterocycles. The second-order valence-corrected chi connectivity index (χ2v) is 7.42. The first-order valence-corrected chi connectivity index (χ1v) is 9.30. The molecular formula is C14H19Cl2NO5S. The average molecular weight is 384 g/mol. The molecule has 1 N–H and O–H groups in total. The van der Waals surface area contributed by atoms with Crippen LogP contribution >= 0.6 is 23.2 Å². The molecule has 6 nitrogen and oxygen atoms in total. The molecule has 0 saturated carbocycles. The zero-order chi connectivity index (χ0) is 17.3. The van der Waals surface area contributed by atoms with E-state index in [0.29, 0.717) is 28.5 Å². The summed E-state index contributed by atoms with van der Waals surface area (Å²) in [6, 6.07) is 4.92. The maximum Gasteiger partial charge on any atom is 0.337 e. The summed E-state index contributed by atoms with van der Waals surface area (Å²) in [5.41, 5.74) is 0.587. The van der Waals surface area contributed by atoms with Gasteiger partial charge in [-0.1, -0.05) is 43.1 Å². The van der Waals surface area contributed by atoms with Crippen molar-refractivity contribution in [1.29, 1.82) is 0 Å². The van der Waals surface area contributed by atoms with Crippen LogP contribution in [-0.4, -0.2) is 27.5 Å². The first-order valence-electron chi connectivity index (χ1n) is 7.14. The van der Waals surface area contributed by atoms with Crippen molar-refractivity contribution in [3.8, 4) is 0 Å². The van der Waals surface area contributed by atoms with Gasteiger partial charge in [0.25, 0.3) is 0 Å². The maximum absolute atomic E-state index is 11.7. The van der Waals surface area contributed by atoms with E-state index in [-0.39, 0.29) is 0 Å². The highest BCUT2D eigenvalue weighted by Crippen LogP contribution is 2.43. The molecule has 1 saturated heterocycles. The van der Waals surface area contributed by atoms with Gasteiger partial charge in [0.1, 0.15) is 6.10 Å². The van der Waals surface area contributed by atoms with Crippen molar-refractivity contribution < 1.29 is 22.1 Å². The van der Waals surface area contributed by atoms with Crippen LogP contribution in [0.2, 0.25) is 10.0 Å². The van der Waals surface area contributed by atoms with Crippen molar-refractivity contribution >= 4 is 33.5 Å². The van der Waals surface area contributed by atoms with E-state index in [9.17, 15) is 8.42 Å². The van der Waals surface area contributed by atoms with E-state index in [2.05, 4.69) is 8.91 Å². The molecular weight excluding hydrogens is 365 g/mol. The highest BCUT2D eigenvalue weighted by molar-refractivity contribution is 7.84. The van der Waals surface area contributed by atoms with Crippen molar-refractivity contribution in [2.75, 3.05) is 7.11 Å². The van der Waals surface area contributed by atoms with Gasteiger partial charge in [-0.05, 0) is 25.0 Å². The highest BCUT2D eigenvalue weighted by Gasteiger charge is 2.48. The van der Waals surface area contributed by atoms with Crippen LogP contribution in [0.3, 0.4) is 0 Å². The molecule has 0 unspecified atom stereocenters. The summed E-state index contributed by atoms with van der Waals surface area (Å²) in [6.07, 6.45) is -0.574. The van der Waals surface area contributed by atoms with Crippen molar-refractivity contribution in [3.63, 3.8) is 0 Å². The van der Waals surface area contributed by atoms with E-state index >= 15 is 0 Å². The Kier molecular flexibility index (Phi) is 5.94. The van der Waals surface area contributed by atoms with Gasteiger partial charge >= 0.3 is 10.3 Å². The Labute approximate surface area is 146 Å². The zero-order valence-electron chi connectivity index (χ0n) is 13.0. The average Bonchev–Trinajstić information content (AvgIpc) is 2.86. The summed E-state index contributed by atoms with van der Waals surface area (Å²) in [5, 5.41) is 0.847. The van der Waals surface area contributed by atoms with Crippen molar-refractivity contribution in [2.24, 2.45) is 0 Å². The molecule has 0 amide bonds. The molecule has 2 rings (SSSR count). The summed E-state index contributed by atoms with van der Waals surface area (Å²) < 4.78 is 42.1. The van der Waals surface area contributed by atoms with Gasteiger partial charge < -0.3 is 9.47 Å². The van der Waals surface area contributed by atoms with Gasteiger partial charge in [-0.15, -0.1) is 0 Å². The standard InChI is InChI=1S/C14H19Cl2NO5S/c1-4-14(5-2)21-12(10-7-6-9(15)8-11(10)16)13(22-14)17-23(18,19)20-3/h6-8,12-13,17H,4-5H2,1-3H3/t12-,13-/m0/s1. The molecule has 0 spiro atoms. The van der Waals surface area contributed by atoms with E-state index in [1.807, 2.05) is 13.8 Å². The molecule has 9 heteroatoms. The number of rotatable bonds is 6. The maximum atomic E-state index is 11.7. The quantitative estimate of drug-likeness (QED) is 0.814. The molecule has 0 bridgehead atoms. The van der Waals surface area contributed by atoms with Crippen LogP contribution in [0.4, 0.5) is 0 Å². The lowest BCUT2D eigenvalue weighted by atomic mass is 10.1. The second-order valence-electron chi connectivity index (χ2n) is 5.10. The molecule has 2 atom stereocenters. The summed E-state index contributed by atoms with van der Waals surface area (Å²) in [6.45, 7) is 3.80. The van der Waals surface area contributed by atoms with Crippen molar-refractivity contribution in [3.05, 3.63) is 33.8 Å². The lowest BCUT2D eigenvalue weighted by Crippen LogP contribution is -2.40. The first kappa shape index (κ1) is 18.9. The van der Waals surface area contributed by atoms with Crippen LogP contribution in [0.15, 0.2) is 18.2 Å². The van der Waals surface area contributed by atoms with Crippen molar-refractivity contribution in [1.82, 2.24) is 4.72 Å². The van der Waals surface area contributed by atoms with Crippen molar-refractivity contribution in [2.45, 2.75) is 44.8 Å². The summed E-state index contributed by atoms with van der Waals surface area (Å²) in [4.78, 5) is 0. The molecule has 1 aliphatic heterocycles. The van der Waals surface area contributed by atoms with Gasteiger partial charge in [-0.3, -0.25) is 4.18 Å². The van der Waals surface area contributed by atoms with Gasteiger partial charge in [-0.2, -0.15) is 13.1 Å². The predicted molar refractivity (Wildman–Crippen MR) is 87.5 cm³/mol. The Morgan fingerprint density at radius 1 is 1.26 bits per heavy atom. The number of ether oxygens (including phenoxy) is 2. The molecule has 0 radical (unpaired) electrons. The fourth-order valence-electron chi connectivity index (χ4n) is 2.43. The van der Waals surface area contributed by atoms with Crippen LogP contribution in [0, 0.1) is 0 Å². The number of nitrogens with one attached hydrogen (secondary N) is 1. The predicted octanol–water partition coefficient (Wildman–Crippen LogP) is 3.40. The third kappa shape index (κ3) is 4.17. The van der Waals surface area contributed by atoms with E-state index in [1.165, 1.54) is 0 Å². The fourth-order valence-corrected chi connectivity index (χ4v) is 3.50. The van der Waals surface area contributed by atoms with Crippen LogP contribution in [-0.2, 0) is 24.0 Å². The Hall–Kier alpha value is -0.410. The smallest absolute Gasteiger partial charge is 0.337 e. The SMILES string of the molecule is CCC1(CC)O[C@H](NS(=O)(=O)OC)[C@H](c2ccc(Cl)cc2Cl)O1. The van der Waals surface area contributed by atoms with Gasteiger partial charge in [0.15, 0.2) is 12.0 Å². The van der Waals surface area contributed by atoms with Crippen LogP contribution in [0.5, 0.6) is 0 Å². The topological polar surface area (TPSA) is 73.9 Å². The summed E-state index contributed by atoms with van der Waals surface area (Å²) in [5.74, 6) is -0.894. The largest absolute Gasteiger partial charge is 0.338 e. The minimum absolute atomic E-state index is 0.371. The number of benzene rings is 1. The van der Waals surface area contributed by atoms with Crippen LogP contribution < -0.4 is 4.72 Å². The minimum Gasteiger partial charge on any atom is -0.338 e. The Morgan fingerprint density at radius 3 is 2.43 bits per heavy atom. The molecule has 130 valence electrons. The van der Waals surface area contributed by atoms with E-state index in [1.54, 1.807) is 18.2 Å². The van der Waals surface area contributed by atoms with Gasteiger partial charge in [0.2, 0.25) is 0 Å². The highest BCUT2D eigenvalue weighted by atomic mass is 35.5. The second kappa shape index (κ2) is 7.23. The first-order chi connectivity index (χ1) is 10.8. The Balaban J connectivity index is 2.40. The molecule has 0 aromatic heterocycles. The normalized spacial score (nSPS) is 24.0. The van der Waals surface area contributed by atoms with Gasteiger partial charge in [-0.25, -0.2) is 0 Å². The van der Waals surface area contributed by atoms with Gasteiger partial charge in [0.05, 0.1) is 7.11 Å². The Morgan fingerprint density at radius 2 is 1.91 bits per heavy atom. The number of hydrogen-bond acceptors (Lipinski definition) is 5. The van der Waals surface area contributed by atoms with E-state index in [4.69, 9.17) is 32.7 Å². The van der Waals surface area contributed by atoms with Gasteiger partial charge in [0, 0.05) is 15.6 Å². The molecule has 1 aromatic rings. The van der Waals surface area contributed by atoms with Crippen LogP contribution in [0.1, 0.15) is 38.4 Å². The number of hydrogen-bond donors (Lipinski definition) is 1. The Bertz CT molecular complexity index is 663. The van der Waals surface area contributed by atoms with E-state index < -0.39 is 28.4 Å². The summed E-state index contributed by atoms with van der Waals surface area (Å²) in [7, 11) is -2.89. The molecule has 1 fully saturated rings. The number of halogens is 2. The molecule has 1 aromatic carbocycles. The monoisotopic (exact) mass is 383 g/mol. The minimum atomic E-state index is -3.96.